The number of carbonyl (C=O) groups is 2. The Kier molecular flexibility index (Phi) is 6.12. The van der Waals surface area contributed by atoms with Crippen molar-refractivity contribution in [2.24, 2.45) is 0 Å². The van der Waals surface area contributed by atoms with Gasteiger partial charge in [-0.15, -0.1) is 0 Å². The van der Waals surface area contributed by atoms with Gasteiger partial charge >= 0.3 is 0 Å². The second-order valence-corrected chi connectivity index (χ2v) is 8.64. The Hall–Kier alpha value is -1.28. The van der Waals surface area contributed by atoms with Crippen LogP contribution in [0.4, 0.5) is 4.79 Å². The van der Waals surface area contributed by atoms with E-state index >= 15 is 0 Å². The SMILES string of the molecule is COc1c(Cl)cc(Br)cc1/C=C1\SC(=O)N(Cc2ccc(Br)cc2)C1=O. The number of rotatable bonds is 4. The number of carbonyl (C=O) groups excluding carboxylic acids is 2. The lowest BCUT2D eigenvalue weighted by Crippen LogP contribution is -2.27. The average Bonchev–Trinajstić information content (AvgIpc) is 2.84. The number of ether oxygens (including phenoxy) is 1. The van der Waals surface area contributed by atoms with Gasteiger partial charge in [0.25, 0.3) is 11.1 Å². The molecule has 0 saturated carbocycles. The van der Waals surface area contributed by atoms with Crippen LogP contribution in [0.3, 0.4) is 0 Å². The molecule has 1 saturated heterocycles. The van der Waals surface area contributed by atoms with E-state index in [9.17, 15) is 9.59 Å². The molecule has 0 aliphatic carbocycles. The van der Waals surface area contributed by atoms with Crippen molar-refractivity contribution < 1.29 is 14.3 Å². The first-order valence-electron chi connectivity index (χ1n) is 7.42. The first-order valence-corrected chi connectivity index (χ1v) is 10.2. The van der Waals surface area contributed by atoms with Crippen LogP contribution in [-0.4, -0.2) is 23.2 Å². The number of halogens is 3. The minimum absolute atomic E-state index is 0.228. The first-order chi connectivity index (χ1) is 12.4. The Morgan fingerprint density at radius 2 is 1.85 bits per heavy atom. The van der Waals surface area contributed by atoms with Gasteiger partial charge in [0, 0.05) is 14.5 Å². The number of benzene rings is 2. The summed E-state index contributed by atoms with van der Waals surface area (Å²) in [5.41, 5.74) is 1.50. The van der Waals surface area contributed by atoms with Crippen molar-refractivity contribution in [2.45, 2.75) is 6.54 Å². The monoisotopic (exact) mass is 515 g/mol. The summed E-state index contributed by atoms with van der Waals surface area (Å²) >= 11 is 13.8. The summed E-state index contributed by atoms with van der Waals surface area (Å²) in [5, 5.41) is 0.117. The molecule has 0 bridgehead atoms. The highest BCUT2D eigenvalue weighted by atomic mass is 79.9. The van der Waals surface area contributed by atoms with E-state index in [1.165, 1.54) is 12.0 Å². The maximum absolute atomic E-state index is 12.7. The highest BCUT2D eigenvalue weighted by Crippen LogP contribution is 2.38. The topological polar surface area (TPSA) is 46.6 Å². The largest absolute Gasteiger partial charge is 0.495 e. The van der Waals surface area contributed by atoms with Crippen molar-refractivity contribution >= 4 is 72.4 Å². The van der Waals surface area contributed by atoms with E-state index in [0.717, 1.165) is 26.3 Å². The van der Waals surface area contributed by atoms with Crippen molar-refractivity contribution in [3.05, 3.63) is 66.4 Å². The summed E-state index contributed by atoms with van der Waals surface area (Å²) in [5.74, 6) is 0.121. The van der Waals surface area contributed by atoms with Crippen LogP contribution in [0.15, 0.2) is 50.2 Å². The van der Waals surface area contributed by atoms with Crippen LogP contribution in [-0.2, 0) is 11.3 Å². The van der Waals surface area contributed by atoms with Crippen molar-refractivity contribution in [1.29, 1.82) is 0 Å². The molecule has 1 heterocycles. The van der Waals surface area contributed by atoms with Gasteiger partial charge in [-0.1, -0.05) is 55.6 Å². The standard InChI is InChI=1S/C18H12Br2ClNO3S/c1-25-16-11(6-13(20)8-14(16)21)7-15-17(23)22(18(24)26-15)9-10-2-4-12(19)5-3-10/h2-8H,9H2,1H3/b15-7-. The van der Waals surface area contributed by atoms with Crippen molar-refractivity contribution in [2.75, 3.05) is 7.11 Å². The summed E-state index contributed by atoms with van der Waals surface area (Å²) < 4.78 is 7.01. The lowest BCUT2D eigenvalue weighted by Gasteiger charge is -2.12. The number of nitrogens with zero attached hydrogens (tertiary/aromatic N) is 1. The summed E-state index contributed by atoms with van der Waals surface area (Å²) in [6.07, 6.45) is 1.63. The normalized spacial score (nSPS) is 15.8. The van der Waals surface area contributed by atoms with Crippen LogP contribution in [0.1, 0.15) is 11.1 Å². The maximum atomic E-state index is 12.7. The summed E-state index contributed by atoms with van der Waals surface area (Å²) in [7, 11) is 1.51. The van der Waals surface area contributed by atoms with Crippen LogP contribution in [0.25, 0.3) is 6.08 Å². The number of amides is 2. The number of hydrogen-bond acceptors (Lipinski definition) is 4. The van der Waals surface area contributed by atoms with Crippen LogP contribution in [0, 0.1) is 0 Å². The maximum Gasteiger partial charge on any atom is 0.293 e. The Morgan fingerprint density at radius 3 is 2.50 bits per heavy atom. The molecule has 0 unspecified atom stereocenters. The zero-order valence-corrected chi connectivity index (χ0v) is 18.2. The third kappa shape index (κ3) is 4.17. The minimum Gasteiger partial charge on any atom is -0.495 e. The molecule has 0 atom stereocenters. The van der Waals surface area contributed by atoms with E-state index in [1.807, 2.05) is 24.3 Å². The molecular formula is C18H12Br2ClNO3S. The fourth-order valence-corrected chi connectivity index (χ4v) is 4.46. The summed E-state index contributed by atoms with van der Waals surface area (Å²) in [6.45, 7) is 0.228. The van der Waals surface area contributed by atoms with Crippen LogP contribution in [0.2, 0.25) is 5.02 Å². The lowest BCUT2D eigenvalue weighted by atomic mass is 10.1. The molecule has 2 aromatic rings. The van der Waals surface area contributed by atoms with Crippen LogP contribution >= 0.6 is 55.2 Å². The second-order valence-electron chi connectivity index (χ2n) is 5.40. The fourth-order valence-electron chi connectivity index (χ4n) is 2.45. The highest BCUT2D eigenvalue weighted by Gasteiger charge is 2.35. The molecular weight excluding hydrogens is 506 g/mol. The predicted octanol–water partition coefficient (Wildman–Crippen LogP) is 6.11. The summed E-state index contributed by atoms with van der Waals surface area (Å²) in [4.78, 5) is 26.5. The van der Waals surface area contributed by atoms with E-state index in [-0.39, 0.29) is 17.7 Å². The average molecular weight is 518 g/mol. The molecule has 0 aromatic heterocycles. The van der Waals surface area contributed by atoms with Gasteiger partial charge in [-0.25, -0.2) is 0 Å². The van der Waals surface area contributed by atoms with Gasteiger partial charge in [-0.05, 0) is 47.7 Å². The minimum atomic E-state index is -0.332. The smallest absolute Gasteiger partial charge is 0.293 e. The van der Waals surface area contributed by atoms with E-state index in [4.69, 9.17) is 16.3 Å². The Morgan fingerprint density at radius 1 is 1.15 bits per heavy atom. The molecule has 0 spiro atoms. The van der Waals surface area contributed by atoms with Crippen molar-refractivity contribution in [1.82, 2.24) is 4.90 Å². The van der Waals surface area contributed by atoms with Gasteiger partial charge < -0.3 is 4.74 Å². The molecule has 1 aliphatic rings. The zero-order valence-electron chi connectivity index (χ0n) is 13.5. The summed E-state index contributed by atoms with van der Waals surface area (Å²) in [6, 6.07) is 11.0. The van der Waals surface area contributed by atoms with Gasteiger partial charge in [0.2, 0.25) is 0 Å². The molecule has 8 heteroatoms. The van der Waals surface area contributed by atoms with E-state index in [2.05, 4.69) is 31.9 Å². The molecule has 4 nitrogen and oxygen atoms in total. The third-order valence-corrected chi connectivity index (χ3v) is 5.83. The Bertz CT molecular complexity index is 915. The lowest BCUT2D eigenvalue weighted by molar-refractivity contribution is -0.123. The number of methoxy groups -OCH3 is 1. The van der Waals surface area contributed by atoms with Gasteiger partial charge in [0.15, 0.2) is 0 Å². The Labute approximate surface area is 176 Å². The van der Waals surface area contributed by atoms with Crippen LogP contribution in [0.5, 0.6) is 5.75 Å². The van der Waals surface area contributed by atoms with E-state index in [1.54, 1.807) is 18.2 Å². The third-order valence-electron chi connectivity index (χ3n) is 3.66. The highest BCUT2D eigenvalue weighted by molar-refractivity contribution is 9.10. The number of imide groups is 1. The number of thioether (sulfide) groups is 1. The zero-order chi connectivity index (χ0) is 18.8. The van der Waals surface area contributed by atoms with Crippen molar-refractivity contribution in [3.63, 3.8) is 0 Å². The van der Waals surface area contributed by atoms with E-state index < -0.39 is 0 Å². The molecule has 0 radical (unpaired) electrons. The van der Waals surface area contributed by atoms with Crippen molar-refractivity contribution in [3.8, 4) is 5.75 Å². The van der Waals surface area contributed by atoms with E-state index in [0.29, 0.717) is 21.2 Å². The van der Waals surface area contributed by atoms with Crippen LogP contribution < -0.4 is 4.74 Å². The molecule has 1 fully saturated rings. The van der Waals surface area contributed by atoms with Gasteiger partial charge in [0.1, 0.15) is 5.75 Å². The van der Waals surface area contributed by atoms with Gasteiger partial charge in [-0.3, -0.25) is 14.5 Å². The molecule has 1 aliphatic heterocycles. The van der Waals surface area contributed by atoms with Gasteiger partial charge in [-0.2, -0.15) is 0 Å². The molecule has 3 rings (SSSR count). The molecule has 134 valence electrons. The molecule has 0 N–H and O–H groups in total. The first kappa shape index (κ1) is 19.5. The quantitative estimate of drug-likeness (QED) is 0.459. The second kappa shape index (κ2) is 8.17. The Balaban J connectivity index is 1.89. The molecule has 2 amide bonds. The molecule has 26 heavy (non-hydrogen) atoms. The molecule has 2 aromatic carbocycles. The number of hydrogen-bond donors (Lipinski definition) is 0. The predicted molar refractivity (Wildman–Crippen MR) is 111 cm³/mol. The van der Waals surface area contributed by atoms with Gasteiger partial charge in [0.05, 0.1) is 23.6 Å². The fraction of sp³-hybridized carbons (Fsp3) is 0.111.